The van der Waals surface area contributed by atoms with Crippen LogP contribution in [0.15, 0.2) is 29.6 Å². The zero-order chi connectivity index (χ0) is 18.7. The van der Waals surface area contributed by atoms with E-state index in [4.69, 9.17) is 9.47 Å². The molecular formula is C19H22N2O4S. The third kappa shape index (κ3) is 3.53. The molecule has 0 saturated carbocycles. The van der Waals surface area contributed by atoms with Gasteiger partial charge in [0.15, 0.2) is 11.5 Å². The molecule has 26 heavy (non-hydrogen) atoms. The summed E-state index contributed by atoms with van der Waals surface area (Å²) >= 11 is 1.39. The number of carbonyl (C=O) groups is 2. The van der Waals surface area contributed by atoms with Gasteiger partial charge in [-0.25, -0.2) is 0 Å². The molecule has 0 spiro atoms. The van der Waals surface area contributed by atoms with Crippen molar-refractivity contribution >= 4 is 28.8 Å². The second kappa shape index (κ2) is 7.78. The number of nitrogens with one attached hydrogen (secondary N) is 1. The van der Waals surface area contributed by atoms with Crippen molar-refractivity contribution in [1.29, 1.82) is 0 Å². The van der Waals surface area contributed by atoms with Crippen LogP contribution in [0, 0.1) is 6.92 Å². The molecule has 2 aromatic rings. The number of ether oxygens (including phenoxy) is 2. The van der Waals surface area contributed by atoms with E-state index in [1.54, 1.807) is 31.3 Å². The Hall–Kier alpha value is -2.54. The molecular weight excluding hydrogens is 352 g/mol. The van der Waals surface area contributed by atoms with Crippen LogP contribution in [-0.4, -0.2) is 43.5 Å². The Morgan fingerprint density at radius 1 is 1.23 bits per heavy atom. The Kier molecular flexibility index (Phi) is 5.46. The van der Waals surface area contributed by atoms with Crippen LogP contribution in [0.2, 0.25) is 0 Å². The van der Waals surface area contributed by atoms with Crippen LogP contribution < -0.4 is 14.8 Å². The van der Waals surface area contributed by atoms with Crippen molar-refractivity contribution in [2.75, 3.05) is 26.1 Å². The lowest BCUT2D eigenvalue weighted by atomic mass is 10.1. The van der Waals surface area contributed by atoms with E-state index >= 15 is 0 Å². The summed E-state index contributed by atoms with van der Waals surface area (Å²) in [7, 11) is 3.12. The fourth-order valence-corrected chi connectivity index (χ4v) is 3.83. The second-order valence-corrected chi connectivity index (χ2v) is 7.09. The van der Waals surface area contributed by atoms with Gasteiger partial charge in [-0.05, 0) is 42.8 Å². The summed E-state index contributed by atoms with van der Waals surface area (Å²) in [5, 5.41) is 4.81. The predicted molar refractivity (Wildman–Crippen MR) is 101 cm³/mol. The largest absolute Gasteiger partial charge is 0.493 e. The van der Waals surface area contributed by atoms with E-state index in [0.29, 0.717) is 35.0 Å². The van der Waals surface area contributed by atoms with Crippen LogP contribution in [0.3, 0.4) is 0 Å². The van der Waals surface area contributed by atoms with Crippen LogP contribution >= 0.6 is 11.3 Å². The predicted octanol–water partition coefficient (Wildman–Crippen LogP) is 3.32. The average Bonchev–Trinajstić information content (AvgIpc) is 3.34. The van der Waals surface area contributed by atoms with E-state index in [1.807, 2.05) is 24.4 Å². The minimum absolute atomic E-state index is 0.0818. The molecule has 3 rings (SSSR count). The number of nitrogens with zero attached hydrogens (tertiary/aromatic N) is 1. The van der Waals surface area contributed by atoms with Crippen molar-refractivity contribution in [2.45, 2.75) is 25.8 Å². The molecule has 0 radical (unpaired) electrons. The fourth-order valence-electron chi connectivity index (χ4n) is 3.16. The summed E-state index contributed by atoms with van der Waals surface area (Å²) in [6.07, 6.45) is 1.48. The number of hydrogen-bond donors (Lipinski definition) is 1. The normalized spacial score (nSPS) is 16.4. The van der Waals surface area contributed by atoms with E-state index in [0.717, 1.165) is 12.0 Å². The van der Waals surface area contributed by atoms with Gasteiger partial charge in [0.25, 0.3) is 5.91 Å². The summed E-state index contributed by atoms with van der Waals surface area (Å²) in [5.41, 5.74) is 1.52. The van der Waals surface area contributed by atoms with Crippen molar-refractivity contribution in [1.82, 2.24) is 4.90 Å². The van der Waals surface area contributed by atoms with E-state index in [1.165, 1.54) is 11.3 Å². The Bertz CT molecular complexity index is 804. The Morgan fingerprint density at radius 2 is 1.96 bits per heavy atom. The molecule has 1 N–H and O–H groups in total. The van der Waals surface area contributed by atoms with Crippen molar-refractivity contribution in [3.05, 3.63) is 40.1 Å². The number of thiophene rings is 1. The molecule has 1 aromatic carbocycles. The third-order valence-electron chi connectivity index (χ3n) is 4.54. The summed E-state index contributed by atoms with van der Waals surface area (Å²) in [6, 6.07) is 6.73. The molecule has 0 unspecified atom stereocenters. The van der Waals surface area contributed by atoms with Gasteiger partial charge in [0.05, 0.1) is 19.1 Å². The van der Waals surface area contributed by atoms with E-state index in [-0.39, 0.29) is 11.8 Å². The summed E-state index contributed by atoms with van der Waals surface area (Å²) in [5.74, 6) is 0.897. The Balaban J connectivity index is 1.78. The maximum atomic E-state index is 12.8. The maximum absolute atomic E-state index is 12.8. The molecule has 2 amide bonds. The number of anilines is 1. The molecule has 1 aliphatic heterocycles. The zero-order valence-electron chi connectivity index (χ0n) is 15.1. The number of likely N-dealkylation sites (tertiary alicyclic amines) is 1. The van der Waals surface area contributed by atoms with Gasteiger partial charge in [0.2, 0.25) is 5.91 Å². The number of benzene rings is 1. The highest BCUT2D eigenvalue weighted by atomic mass is 32.1. The fraction of sp³-hybridized carbons (Fsp3) is 0.368. The molecule has 2 heterocycles. The molecule has 138 valence electrons. The number of carbonyl (C=O) groups excluding carboxylic acids is 2. The van der Waals surface area contributed by atoms with Crippen LogP contribution in [0.25, 0.3) is 0 Å². The maximum Gasteiger partial charge on any atom is 0.264 e. The topological polar surface area (TPSA) is 67.9 Å². The number of aryl methyl sites for hydroxylation is 1. The Morgan fingerprint density at radius 3 is 2.62 bits per heavy atom. The van der Waals surface area contributed by atoms with Gasteiger partial charge in [0.1, 0.15) is 6.04 Å². The van der Waals surface area contributed by atoms with Gasteiger partial charge in [0, 0.05) is 18.3 Å². The third-order valence-corrected chi connectivity index (χ3v) is 5.39. The molecule has 7 heteroatoms. The van der Waals surface area contributed by atoms with Crippen molar-refractivity contribution < 1.29 is 19.1 Å². The standard InChI is InChI=1S/C19H22N2O4S/c1-12-10-15(24-2)16(25-3)11-13(12)20-18(22)14-6-4-8-21(14)19(23)17-7-5-9-26-17/h5,7,9-11,14H,4,6,8H2,1-3H3,(H,20,22)/t14-/m0/s1. The van der Waals surface area contributed by atoms with E-state index < -0.39 is 6.04 Å². The lowest BCUT2D eigenvalue weighted by molar-refractivity contribution is -0.119. The molecule has 6 nitrogen and oxygen atoms in total. The minimum atomic E-state index is -0.461. The molecule has 1 aliphatic rings. The SMILES string of the molecule is COc1cc(C)c(NC(=O)[C@@H]2CCCN2C(=O)c2cccs2)cc1OC. The highest BCUT2D eigenvalue weighted by Gasteiger charge is 2.35. The van der Waals surface area contributed by atoms with Crippen LogP contribution in [0.4, 0.5) is 5.69 Å². The highest BCUT2D eigenvalue weighted by molar-refractivity contribution is 7.12. The molecule has 1 saturated heterocycles. The van der Waals surface area contributed by atoms with Gasteiger partial charge in [-0.15, -0.1) is 11.3 Å². The molecule has 1 atom stereocenters. The van der Waals surface area contributed by atoms with Gasteiger partial charge in [-0.3, -0.25) is 9.59 Å². The van der Waals surface area contributed by atoms with Crippen LogP contribution in [-0.2, 0) is 4.79 Å². The van der Waals surface area contributed by atoms with Crippen molar-refractivity contribution in [3.63, 3.8) is 0 Å². The van der Waals surface area contributed by atoms with Gasteiger partial charge in [-0.2, -0.15) is 0 Å². The van der Waals surface area contributed by atoms with E-state index in [9.17, 15) is 9.59 Å². The number of hydrogen-bond acceptors (Lipinski definition) is 5. The monoisotopic (exact) mass is 374 g/mol. The van der Waals surface area contributed by atoms with Gasteiger partial charge < -0.3 is 19.7 Å². The molecule has 0 bridgehead atoms. The molecule has 0 aliphatic carbocycles. The smallest absolute Gasteiger partial charge is 0.264 e. The zero-order valence-corrected chi connectivity index (χ0v) is 15.9. The van der Waals surface area contributed by atoms with Crippen molar-refractivity contribution in [3.8, 4) is 11.5 Å². The molecule has 1 aromatic heterocycles. The molecule has 1 fully saturated rings. The highest BCUT2D eigenvalue weighted by Crippen LogP contribution is 2.33. The summed E-state index contributed by atoms with van der Waals surface area (Å²) in [6.45, 7) is 2.49. The van der Waals surface area contributed by atoms with Crippen LogP contribution in [0.5, 0.6) is 11.5 Å². The summed E-state index contributed by atoms with van der Waals surface area (Å²) < 4.78 is 10.6. The number of amides is 2. The number of rotatable bonds is 5. The van der Waals surface area contributed by atoms with Crippen molar-refractivity contribution in [2.24, 2.45) is 0 Å². The first-order valence-corrected chi connectivity index (χ1v) is 9.31. The average molecular weight is 374 g/mol. The van der Waals surface area contributed by atoms with E-state index in [2.05, 4.69) is 5.32 Å². The minimum Gasteiger partial charge on any atom is -0.493 e. The first kappa shape index (κ1) is 18.3. The lowest BCUT2D eigenvalue weighted by Gasteiger charge is -2.24. The van der Waals surface area contributed by atoms with Crippen LogP contribution in [0.1, 0.15) is 28.1 Å². The number of methoxy groups -OCH3 is 2. The lowest BCUT2D eigenvalue weighted by Crippen LogP contribution is -2.43. The second-order valence-electron chi connectivity index (χ2n) is 6.15. The van der Waals surface area contributed by atoms with Gasteiger partial charge in [-0.1, -0.05) is 6.07 Å². The summed E-state index contributed by atoms with van der Waals surface area (Å²) in [4.78, 5) is 27.8. The van der Waals surface area contributed by atoms with Gasteiger partial charge >= 0.3 is 0 Å². The Labute approximate surface area is 156 Å². The first-order valence-electron chi connectivity index (χ1n) is 8.43. The quantitative estimate of drug-likeness (QED) is 0.872. The first-order chi connectivity index (χ1) is 12.5.